The highest BCUT2D eigenvalue weighted by atomic mass is 16.3. The van der Waals surface area contributed by atoms with Gasteiger partial charge in [0.15, 0.2) is 0 Å². The van der Waals surface area contributed by atoms with Crippen LogP contribution in [0.2, 0.25) is 0 Å². The zero-order valence-corrected chi connectivity index (χ0v) is 12.6. The van der Waals surface area contributed by atoms with E-state index in [0.717, 1.165) is 10.9 Å². The number of aliphatic hydroxyl groups excluding tert-OH is 1. The van der Waals surface area contributed by atoms with Gasteiger partial charge < -0.3 is 9.59 Å². The molecule has 106 valence electrons. The first-order valence-corrected chi connectivity index (χ1v) is 8.05. The number of likely N-dealkylation sites (tertiary alicyclic amines) is 1. The summed E-state index contributed by atoms with van der Waals surface area (Å²) in [7, 11) is 4.83. The van der Waals surface area contributed by atoms with Crippen molar-refractivity contribution in [1.29, 1.82) is 0 Å². The van der Waals surface area contributed by atoms with Gasteiger partial charge in [-0.3, -0.25) is 0 Å². The lowest BCUT2D eigenvalue weighted by molar-refractivity contribution is -0.954. The Morgan fingerprint density at radius 1 is 1.17 bits per heavy atom. The van der Waals surface area contributed by atoms with Crippen molar-refractivity contribution in [1.82, 2.24) is 0 Å². The second kappa shape index (κ2) is 5.50. The zero-order chi connectivity index (χ0) is 13.2. The molecule has 1 spiro atoms. The minimum Gasteiger partial charge on any atom is -0.393 e. The molecule has 3 atom stereocenters. The van der Waals surface area contributed by atoms with Crippen molar-refractivity contribution in [3.63, 3.8) is 0 Å². The van der Waals surface area contributed by atoms with Crippen molar-refractivity contribution in [2.24, 2.45) is 5.92 Å². The predicted molar refractivity (Wildman–Crippen MR) is 76.4 cm³/mol. The number of nitrogens with zero attached hydrogens (tertiary/aromatic N) is 1. The third kappa shape index (κ3) is 2.34. The van der Waals surface area contributed by atoms with Gasteiger partial charge in [-0.2, -0.15) is 0 Å². The second-order valence-corrected chi connectivity index (χ2v) is 7.18. The van der Waals surface area contributed by atoms with Crippen molar-refractivity contribution in [3.8, 4) is 0 Å². The van der Waals surface area contributed by atoms with Gasteiger partial charge in [0.2, 0.25) is 0 Å². The molecule has 0 aromatic carbocycles. The lowest BCUT2D eigenvalue weighted by atomic mass is 9.63. The second-order valence-electron chi connectivity index (χ2n) is 7.18. The first-order chi connectivity index (χ1) is 8.53. The highest BCUT2D eigenvalue weighted by Crippen LogP contribution is 2.48. The summed E-state index contributed by atoms with van der Waals surface area (Å²) in [5.41, 5.74) is 0.380. The molecule has 2 fully saturated rings. The fourth-order valence-electron chi connectivity index (χ4n) is 4.77. The minimum absolute atomic E-state index is 0.0409. The van der Waals surface area contributed by atoms with Crippen LogP contribution in [0.15, 0.2) is 0 Å². The summed E-state index contributed by atoms with van der Waals surface area (Å²) in [6.45, 7) is 3.57. The van der Waals surface area contributed by atoms with Gasteiger partial charge in [-0.25, -0.2) is 0 Å². The summed E-state index contributed by atoms with van der Waals surface area (Å²) in [5.74, 6) is 0.543. The van der Waals surface area contributed by atoms with Crippen LogP contribution in [-0.4, -0.2) is 41.9 Å². The lowest BCUT2D eigenvalue weighted by Crippen LogP contribution is -2.68. The van der Waals surface area contributed by atoms with Crippen LogP contribution in [0.5, 0.6) is 0 Å². The van der Waals surface area contributed by atoms with E-state index in [1.807, 2.05) is 0 Å². The van der Waals surface area contributed by atoms with Gasteiger partial charge in [0.1, 0.15) is 5.54 Å². The smallest absolute Gasteiger partial charge is 0.104 e. The highest BCUT2D eigenvalue weighted by Gasteiger charge is 2.55. The Morgan fingerprint density at radius 3 is 2.56 bits per heavy atom. The molecule has 0 radical (unpaired) electrons. The van der Waals surface area contributed by atoms with Crippen LogP contribution in [0.4, 0.5) is 0 Å². The molecule has 2 aliphatic rings. The molecule has 18 heavy (non-hydrogen) atoms. The summed E-state index contributed by atoms with van der Waals surface area (Å²) in [6, 6.07) is 0. The molecular weight excluding hydrogens is 222 g/mol. The van der Waals surface area contributed by atoms with Gasteiger partial charge in [-0.1, -0.05) is 19.8 Å². The van der Waals surface area contributed by atoms with E-state index in [4.69, 9.17) is 0 Å². The van der Waals surface area contributed by atoms with E-state index in [-0.39, 0.29) is 6.10 Å². The van der Waals surface area contributed by atoms with Crippen LogP contribution in [0.3, 0.4) is 0 Å². The average Bonchev–Trinajstić information content (AvgIpc) is 2.32. The molecule has 1 saturated heterocycles. The lowest BCUT2D eigenvalue weighted by Gasteiger charge is -2.58. The fraction of sp³-hybridized carbons (Fsp3) is 1.00. The first-order valence-electron chi connectivity index (χ1n) is 8.05. The van der Waals surface area contributed by atoms with Gasteiger partial charge in [-0.15, -0.1) is 0 Å². The summed E-state index contributed by atoms with van der Waals surface area (Å²) < 4.78 is 1.15. The van der Waals surface area contributed by atoms with Crippen LogP contribution in [0.25, 0.3) is 0 Å². The van der Waals surface area contributed by atoms with Crippen molar-refractivity contribution in [2.45, 2.75) is 76.4 Å². The van der Waals surface area contributed by atoms with Crippen molar-refractivity contribution >= 4 is 0 Å². The summed E-state index contributed by atoms with van der Waals surface area (Å²) in [4.78, 5) is 0. The van der Waals surface area contributed by atoms with Crippen molar-refractivity contribution in [2.75, 3.05) is 20.6 Å². The van der Waals surface area contributed by atoms with Crippen molar-refractivity contribution in [3.05, 3.63) is 0 Å². The van der Waals surface area contributed by atoms with Crippen molar-refractivity contribution < 1.29 is 9.59 Å². The zero-order valence-electron chi connectivity index (χ0n) is 12.6. The highest BCUT2D eigenvalue weighted by molar-refractivity contribution is 4.97. The third-order valence-electron chi connectivity index (χ3n) is 5.92. The van der Waals surface area contributed by atoms with Gasteiger partial charge in [0.05, 0.1) is 26.7 Å². The number of aliphatic hydroxyl groups is 1. The molecule has 1 unspecified atom stereocenters. The number of hydrogen-bond acceptors (Lipinski definition) is 1. The Kier molecular flexibility index (Phi) is 4.38. The molecular formula is C16H32NO+. The van der Waals surface area contributed by atoms with E-state index in [0.29, 0.717) is 11.5 Å². The topological polar surface area (TPSA) is 20.2 Å². The number of hydrogen-bond donors (Lipinski definition) is 1. The largest absolute Gasteiger partial charge is 0.393 e. The predicted octanol–water partition coefficient (Wildman–Crippen LogP) is 3.34. The molecule has 1 aliphatic heterocycles. The quantitative estimate of drug-likeness (QED) is 0.766. The normalized spacial score (nSPS) is 40.0. The maximum absolute atomic E-state index is 10.5. The molecule has 1 heterocycles. The van der Waals surface area contributed by atoms with E-state index in [1.165, 1.54) is 57.9 Å². The van der Waals surface area contributed by atoms with Crippen LogP contribution < -0.4 is 0 Å². The maximum atomic E-state index is 10.5. The van der Waals surface area contributed by atoms with Gasteiger partial charge >= 0.3 is 0 Å². The van der Waals surface area contributed by atoms with E-state index in [1.54, 1.807) is 0 Å². The third-order valence-corrected chi connectivity index (χ3v) is 5.92. The Hall–Kier alpha value is -0.0800. The number of unbranched alkanes of at least 4 members (excludes halogenated alkanes) is 1. The molecule has 2 rings (SSSR count). The molecule has 0 bridgehead atoms. The molecule has 0 amide bonds. The SMILES string of the molecule is CCCC[C@@H]1[C@@H](O)CCCC12CCCC[N+]2(C)C. The molecule has 2 nitrogen and oxygen atoms in total. The Balaban J connectivity index is 2.24. The minimum atomic E-state index is -0.0409. The van der Waals surface area contributed by atoms with E-state index in [9.17, 15) is 5.11 Å². The molecule has 2 heteroatoms. The van der Waals surface area contributed by atoms with E-state index in [2.05, 4.69) is 21.0 Å². The van der Waals surface area contributed by atoms with Gasteiger partial charge in [-0.05, 0) is 32.1 Å². The summed E-state index contributed by atoms with van der Waals surface area (Å²) in [6.07, 6.45) is 11.4. The number of quaternary nitrogens is 1. The first kappa shape index (κ1) is 14.3. The Labute approximate surface area is 113 Å². The van der Waals surface area contributed by atoms with Gasteiger partial charge in [0, 0.05) is 18.8 Å². The standard InChI is InChI=1S/C16H32NO/c1-4-5-9-14-15(18)10-8-12-16(14)11-6-7-13-17(16,2)3/h14-15,18H,4-13H2,1-3H3/q+1/t14-,15+,16?/m1/s1. The number of piperidine rings is 1. The summed E-state index contributed by atoms with van der Waals surface area (Å²) >= 11 is 0. The molecule has 1 aliphatic carbocycles. The number of rotatable bonds is 3. The monoisotopic (exact) mass is 254 g/mol. The Morgan fingerprint density at radius 2 is 1.89 bits per heavy atom. The average molecular weight is 254 g/mol. The summed E-state index contributed by atoms with van der Waals surface area (Å²) in [5, 5.41) is 10.5. The fourth-order valence-corrected chi connectivity index (χ4v) is 4.77. The van der Waals surface area contributed by atoms with Crippen LogP contribution in [0, 0.1) is 5.92 Å². The van der Waals surface area contributed by atoms with Crippen LogP contribution in [-0.2, 0) is 0 Å². The molecule has 0 aromatic rings. The van der Waals surface area contributed by atoms with E-state index >= 15 is 0 Å². The van der Waals surface area contributed by atoms with Crippen LogP contribution in [0.1, 0.15) is 64.7 Å². The Bertz CT molecular complexity index is 272. The molecule has 1 N–H and O–H groups in total. The van der Waals surface area contributed by atoms with Crippen LogP contribution >= 0.6 is 0 Å². The maximum Gasteiger partial charge on any atom is 0.104 e. The molecule has 1 saturated carbocycles. The molecule has 0 aromatic heterocycles. The van der Waals surface area contributed by atoms with E-state index < -0.39 is 0 Å². The van der Waals surface area contributed by atoms with Gasteiger partial charge in [0.25, 0.3) is 0 Å².